The fraction of sp³-hybridized carbons (Fsp3) is 1.00. The van der Waals surface area contributed by atoms with Gasteiger partial charge in [0.05, 0.1) is 0 Å². The standard InChI is InChI=1S/C6H12N2.CH4/c1-2-7-3-6(1)4-8-5-6;/h7-8H,1-5H2;1H4. The summed E-state index contributed by atoms with van der Waals surface area (Å²) in [5, 5.41) is 6.68. The average Bonchev–Trinajstić information content (AvgIpc) is 2.07. The first kappa shape index (κ1) is 7.03. The van der Waals surface area contributed by atoms with Crippen LogP contribution >= 0.6 is 0 Å². The van der Waals surface area contributed by atoms with Crippen molar-refractivity contribution < 1.29 is 0 Å². The SMILES string of the molecule is C.C1CC2(CN1)CNC2. The van der Waals surface area contributed by atoms with E-state index < -0.39 is 0 Å². The molecule has 0 atom stereocenters. The lowest BCUT2D eigenvalue weighted by Gasteiger charge is -2.38. The van der Waals surface area contributed by atoms with Gasteiger partial charge in [0, 0.05) is 25.0 Å². The first-order valence-electron chi connectivity index (χ1n) is 3.33. The lowest BCUT2D eigenvalue weighted by atomic mass is 9.81. The maximum absolute atomic E-state index is 3.38. The molecule has 0 aromatic heterocycles. The first-order valence-corrected chi connectivity index (χ1v) is 3.33. The van der Waals surface area contributed by atoms with E-state index in [1.54, 1.807) is 0 Å². The molecule has 0 aliphatic carbocycles. The van der Waals surface area contributed by atoms with Crippen LogP contribution in [0.2, 0.25) is 0 Å². The van der Waals surface area contributed by atoms with Gasteiger partial charge in [0.2, 0.25) is 0 Å². The molecule has 2 aliphatic rings. The van der Waals surface area contributed by atoms with E-state index in [9.17, 15) is 0 Å². The van der Waals surface area contributed by atoms with Crippen LogP contribution in [0.25, 0.3) is 0 Å². The third kappa shape index (κ3) is 0.970. The number of hydrogen-bond donors (Lipinski definition) is 2. The minimum Gasteiger partial charge on any atom is -0.316 e. The van der Waals surface area contributed by atoms with Crippen molar-refractivity contribution in [1.82, 2.24) is 10.6 Å². The van der Waals surface area contributed by atoms with Crippen molar-refractivity contribution in [3.8, 4) is 0 Å². The number of hydrogen-bond acceptors (Lipinski definition) is 2. The summed E-state index contributed by atoms with van der Waals surface area (Å²) < 4.78 is 0. The molecule has 2 saturated heterocycles. The minimum absolute atomic E-state index is 0. The van der Waals surface area contributed by atoms with Crippen LogP contribution in [0.4, 0.5) is 0 Å². The largest absolute Gasteiger partial charge is 0.316 e. The molecule has 0 unspecified atom stereocenters. The van der Waals surface area contributed by atoms with Gasteiger partial charge >= 0.3 is 0 Å². The molecule has 1 spiro atoms. The van der Waals surface area contributed by atoms with Crippen molar-refractivity contribution in [1.29, 1.82) is 0 Å². The molecule has 0 bridgehead atoms. The molecule has 54 valence electrons. The van der Waals surface area contributed by atoms with Gasteiger partial charge in [-0.25, -0.2) is 0 Å². The van der Waals surface area contributed by atoms with Gasteiger partial charge < -0.3 is 10.6 Å². The second kappa shape index (κ2) is 2.27. The molecule has 2 fully saturated rings. The molecule has 0 aromatic rings. The van der Waals surface area contributed by atoms with Crippen LogP contribution in [-0.4, -0.2) is 26.2 Å². The predicted octanol–water partition coefficient (Wildman–Crippen LogP) is 0.205. The maximum Gasteiger partial charge on any atom is 0.00892 e. The molecule has 2 N–H and O–H groups in total. The number of rotatable bonds is 0. The smallest absolute Gasteiger partial charge is 0.00892 e. The van der Waals surface area contributed by atoms with E-state index in [0.29, 0.717) is 5.41 Å². The summed E-state index contributed by atoms with van der Waals surface area (Å²) in [6, 6.07) is 0. The zero-order valence-corrected chi connectivity index (χ0v) is 5.04. The second-order valence-electron chi connectivity index (χ2n) is 3.03. The van der Waals surface area contributed by atoms with Crippen molar-refractivity contribution >= 4 is 0 Å². The van der Waals surface area contributed by atoms with Crippen LogP contribution in [0, 0.1) is 5.41 Å². The zero-order valence-electron chi connectivity index (χ0n) is 5.04. The lowest BCUT2D eigenvalue weighted by molar-refractivity contribution is 0.197. The van der Waals surface area contributed by atoms with Gasteiger partial charge in [0.15, 0.2) is 0 Å². The highest BCUT2D eigenvalue weighted by Crippen LogP contribution is 2.28. The molecule has 2 aliphatic heterocycles. The van der Waals surface area contributed by atoms with Crippen molar-refractivity contribution in [2.75, 3.05) is 26.2 Å². The van der Waals surface area contributed by atoms with E-state index in [0.717, 1.165) is 0 Å². The third-order valence-electron chi connectivity index (χ3n) is 2.33. The molecule has 0 saturated carbocycles. The highest BCUT2D eigenvalue weighted by Gasteiger charge is 2.38. The van der Waals surface area contributed by atoms with Gasteiger partial charge in [0.25, 0.3) is 0 Å². The molecule has 0 aromatic carbocycles. The Hall–Kier alpha value is -0.0800. The first-order chi connectivity index (χ1) is 3.91. The Bertz CT molecular complexity index is 89.1. The quantitative estimate of drug-likeness (QED) is 0.487. The zero-order chi connectivity index (χ0) is 5.45. The molecule has 2 heteroatoms. The highest BCUT2D eigenvalue weighted by molar-refractivity contribution is 4.97. The molecular weight excluding hydrogens is 112 g/mol. The van der Waals surface area contributed by atoms with E-state index in [1.807, 2.05) is 0 Å². The normalized spacial score (nSPS) is 29.3. The van der Waals surface area contributed by atoms with Crippen LogP contribution in [0.15, 0.2) is 0 Å². The van der Waals surface area contributed by atoms with E-state index in [2.05, 4.69) is 10.6 Å². The summed E-state index contributed by atoms with van der Waals surface area (Å²) in [6.07, 6.45) is 1.39. The molecule has 2 heterocycles. The molecule has 2 nitrogen and oxygen atoms in total. The Morgan fingerprint density at radius 1 is 1.00 bits per heavy atom. The Morgan fingerprint density at radius 2 is 1.67 bits per heavy atom. The molecule has 0 amide bonds. The van der Waals surface area contributed by atoms with E-state index in [-0.39, 0.29) is 7.43 Å². The summed E-state index contributed by atoms with van der Waals surface area (Å²) >= 11 is 0. The summed E-state index contributed by atoms with van der Waals surface area (Å²) in [6.45, 7) is 4.99. The molecule has 2 rings (SSSR count). The molecule has 0 radical (unpaired) electrons. The van der Waals surface area contributed by atoms with Gasteiger partial charge in [-0.3, -0.25) is 0 Å². The summed E-state index contributed by atoms with van der Waals surface area (Å²) in [5.41, 5.74) is 0.694. The third-order valence-corrected chi connectivity index (χ3v) is 2.33. The fourth-order valence-electron chi connectivity index (χ4n) is 1.58. The Labute approximate surface area is 57.0 Å². The second-order valence-corrected chi connectivity index (χ2v) is 3.03. The molecular formula is C7H16N2. The number of nitrogens with one attached hydrogen (secondary N) is 2. The van der Waals surface area contributed by atoms with Gasteiger partial charge in [-0.2, -0.15) is 0 Å². The van der Waals surface area contributed by atoms with Crippen LogP contribution in [-0.2, 0) is 0 Å². The topological polar surface area (TPSA) is 24.1 Å². The maximum atomic E-state index is 3.38. The predicted molar refractivity (Wildman–Crippen MR) is 39.5 cm³/mol. The van der Waals surface area contributed by atoms with Crippen molar-refractivity contribution in [2.24, 2.45) is 5.41 Å². The van der Waals surface area contributed by atoms with Gasteiger partial charge in [0.1, 0.15) is 0 Å². The summed E-state index contributed by atoms with van der Waals surface area (Å²) in [4.78, 5) is 0. The van der Waals surface area contributed by atoms with Gasteiger partial charge in [-0.05, 0) is 13.0 Å². The summed E-state index contributed by atoms with van der Waals surface area (Å²) in [7, 11) is 0. The van der Waals surface area contributed by atoms with Crippen LogP contribution in [0.1, 0.15) is 13.8 Å². The lowest BCUT2D eigenvalue weighted by Crippen LogP contribution is -2.54. The van der Waals surface area contributed by atoms with Crippen LogP contribution in [0.3, 0.4) is 0 Å². The van der Waals surface area contributed by atoms with E-state index >= 15 is 0 Å². The van der Waals surface area contributed by atoms with Crippen molar-refractivity contribution in [3.63, 3.8) is 0 Å². The molecule has 9 heavy (non-hydrogen) atoms. The van der Waals surface area contributed by atoms with E-state index in [4.69, 9.17) is 0 Å². The van der Waals surface area contributed by atoms with Gasteiger partial charge in [-0.15, -0.1) is 0 Å². The minimum atomic E-state index is 0. The Morgan fingerprint density at radius 3 is 1.89 bits per heavy atom. The Kier molecular flexibility index (Phi) is 1.78. The van der Waals surface area contributed by atoms with Crippen molar-refractivity contribution in [3.05, 3.63) is 0 Å². The Balaban J connectivity index is 0.000000405. The average molecular weight is 128 g/mol. The summed E-state index contributed by atoms with van der Waals surface area (Å²) in [5.74, 6) is 0. The highest BCUT2D eigenvalue weighted by atomic mass is 15.1. The van der Waals surface area contributed by atoms with Gasteiger partial charge in [-0.1, -0.05) is 7.43 Å². The monoisotopic (exact) mass is 128 g/mol. The fourth-order valence-corrected chi connectivity index (χ4v) is 1.58. The van der Waals surface area contributed by atoms with E-state index in [1.165, 1.54) is 32.6 Å². The van der Waals surface area contributed by atoms with Crippen molar-refractivity contribution in [2.45, 2.75) is 13.8 Å². The van der Waals surface area contributed by atoms with Crippen LogP contribution in [0.5, 0.6) is 0 Å². The van der Waals surface area contributed by atoms with Crippen LogP contribution < -0.4 is 10.6 Å².